The maximum Gasteiger partial charge on any atom is 0.343 e. The van der Waals surface area contributed by atoms with Gasteiger partial charge in [-0.2, -0.15) is 0 Å². The van der Waals surface area contributed by atoms with Gasteiger partial charge in [-0.05, 0) is 6.92 Å². The van der Waals surface area contributed by atoms with Crippen molar-refractivity contribution in [1.82, 2.24) is 9.97 Å². The van der Waals surface area contributed by atoms with Gasteiger partial charge in [-0.15, -0.1) is 5.92 Å². The van der Waals surface area contributed by atoms with Crippen LogP contribution >= 0.6 is 0 Å². The first-order chi connectivity index (χ1) is 7.29. The summed E-state index contributed by atoms with van der Waals surface area (Å²) in [4.78, 5) is 19.0. The number of esters is 1. The minimum Gasteiger partial charge on any atom is -0.465 e. The van der Waals surface area contributed by atoms with Gasteiger partial charge in [0, 0.05) is 6.20 Å². The van der Waals surface area contributed by atoms with E-state index < -0.39 is 5.97 Å². The topological polar surface area (TPSA) is 64.1 Å². The summed E-state index contributed by atoms with van der Waals surface area (Å²) in [6.45, 7) is 2.17. The van der Waals surface area contributed by atoms with Gasteiger partial charge in [0.05, 0.1) is 13.7 Å². The molecule has 1 aromatic rings. The molecule has 15 heavy (non-hydrogen) atoms. The third kappa shape index (κ3) is 2.95. The van der Waals surface area contributed by atoms with Crippen LogP contribution < -0.4 is 5.32 Å². The molecular formula is C10H11N3O2. The Morgan fingerprint density at radius 3 is 3.13 bits per heavy atom. The largest absolute Gasteiger partial charge is 0.465 e. The Morgan fingerprint density at radius 1 is 1.67 bits per heavy atom. The molecule has 1 aromatic heterocycles. The standard InChI is InChI=1S/C10H11N3O2/c1-3-4-5-12-9-8(10(14)15-2)6-11-7-13-9/h6-7H,5H2,1-2H3,(H,11,12,13). The molecule has 0 spiro atoms. The quantitative estimate of drug-likeness (QED) is 0.581. The third-order valence-corrected chi connectivity index (χ3v) is 1.64. The second-order valence-corrected chi connectivity index (χ2v) is 2.56. The second-order valence-electron chi connectivity index (χ2n) is 2.56. The van der Waals surface area contributed by atoms with Crippen molar-refractivity contribution in [2.45, 2.75) is 6.92 Å². The van der Waals surface area contributed by atoms with E-state index in [9.17, 15) is 4.79 Å². The van der Waals surface area contributed by atoms with E-state index in [2.05, 4.69) is 31.9 Å². The van der Waals surface area contributed by atoms with Gasteiger partial charge in [-0.1, -0.05) is 5.92 Å². The summed E-state index contributed by atoms with van der Waals surface area (Å²) in [6, 6.07) is 0. The van der Waals surface area contributed by atoms with E-state index in [1.807, 2.05) is 0 Å². The van der Waals surface area contributed by atoms with Crippen LogP contribution in [0.15, 0.2) is 12.5 Å². The average Bonchev–Trinajstić information content (AvgIpc) is 2.29. The molecule has 0 atom stereocenters. The first-order valence-electron chi connectivity index (χ1n) is 4.31. The number of anilines is 1. The number of hydrogen-bond acceptors (Lipinski definition) is 5. The fraction of sp³-hybridized carbons (Fsp3) is 0.300. The van der Waals surface area contributed by atoms with Crippen LogP contribution in [0.5, 0.6) is 0 Å². The average molecular weight is 205 g/mol. The zero-order valence-electron chi connectivity index (χ0n) is 8.57. The maximum absolute atomic E-state index is 11.3. The highest BCUT2D eigenvalue weighted by atomic mass is 16.5. The minimum atomic E-state index is -0.470. The van der Waals surface area contributed by atoms with Gasteiger partial charge in [0.25, 0.3) is 0 Å². The predicted octanol–water partition coefficient (Wildman–Crippen LogP) is 0.698. The summed E-state index contributed by atoms with van der Waals surface area (Å²) >= 11 is 0. The first-order valence-corrected chi connectivity index (χ1v) is 4.31. The van der Waals surface area contributed by atoms with Crippen LogP contribution in [0.3, 0.4) is 0 Å². The van der Waals surface area contributed by atoms with E-state index in [1.54, 1.807) is 6.92 Å². The number of rotatable bonds is 3. The molecule has 0 saturated carbocycles. The Bertz CT molecular complexity index is 407. The van der Waals surface area contributed by atoms with E-state index in [1.165, 1.54) is 19.6 Å². The van der Waals surface area contributed by atoms with Crippen LogP contribution in [0.1, 0.15) is 17.3 Å². The predicted molar refractivity (Wildman–Crippen MR) is 55.3 cm³/mol. The molecule has 1 heterocycles. The third-order valence-electron chi connectivity index (χ3n) is 1.64. The van der Waals surface area contributed by atoms with Crippen LogP contribution in [0, 0.1) is 11.8 Å². The maximum atomic E-state index is 11.3. The number of carbonyl (C=O) groups is 1. The molecule has 0 unspecified atom stereocenters. The highest BCUT2D eigenvalue weighted by Crippen LogP contribution is 2.10. The summed E-state index contributed by atoms with van der Waals surface area (Å²) in [5.74, 6) is 5.50. The van der Waals surface area contributed by atoms with E-state index in [0.717, 1.165) is 0 Å². The SMILES string of the molecule is CC#CCNc1ncncc1C(=O)OC. The van der Waals surface area contributed by atoms with Crippen LogP contribution in [0.2, 0.25) is 0 Å². The van der Waals surface area contributed by atoms with Crippen molar-refractivity contribution < 1.29 is 9.53 Å². The van der Waals surface area contributed by atoms with Crippen molar-refractivity contribution >= 4 is 11.8 Å². The molecule has 0 aliphatic rings. The Labute approximate surface area is 87.9 Å². The summed E-state index contributed by atoms with van der Waals surface area (Å²) in [5, 5.41) is 2.90. The fourth-order valence-electron chi connectivity index (χ4n) is 0.946. The normalized spacial score (nSPS) is 8.67. The van der Waals surface area contributed by atoms with Crippen LogP contribution in [0.25, 0.3) is 0 Å². The van der Waals surface area contributed by atoms with Gasteiger partial charge in [-0.3, -0.25) is 0 Å². The van der Waals surface area contributed by atoms with Gasteiger partial charge >= 0.3 is 5.97 Å². The molecule has 5 nitrogen and oxygen atoms in total. The molecule has 0 saturated heterocycles. The Morgan fingerprint density at radius 2 is 2.47 bits per heavy atom. The number of nitrogens with one attached hydrogen (secondary N) is 1. The van der Waals surface area contributed by atoms with Crippen LogP contribution in [-0.4, -0.2) is 29.6 Å². The Kier molecular flexibility index (Phi) is 4.10. The van der Waals surface area contributed by atoms with E-state index in [0.29, 0.717) is 17.9 Å². The monoisotopic (exact) mass is 205 g/mol. The van der Waals surface area contributed by atoms with Crippen molar-refractivity contribution in [3.8, 4) is 11.8 Å². The molecule has 1 N–H and O–H groups in total. The lowest BCUT2D eigenvalue weighted by Crippen LogP contribution is -2.10. The smallest absolute Gasteiger partial charge is 0.343 e. The molecule has 0 aromatic carbocycles. The molecule has 0 bridgehead atoms. The Balaban J connectivity index is 2.84. The number of carbonyl (C=O) groups excluding carboxylic acids is 1. The summed E-state index contributed by atoms with van der Waals surface area (Å²) in [6.07, 6.45) is 2.76. The molecule has 78 valence electrons. The molecular weight excluding hydrogens is 194 g/mol. The van der Waals surface area contributed by atoms with Gasteiger partial charge < -0.3 is 10.1 Å². The molecule has 5 heteroatoms. The molecule has 0 aliphatic carbocycles. The van der Waals surface area contributed by atoms with E-state index in [4.69, 9.17) is 0 Å². The van der Waals surface area contributed by atoms with Crippen LogP contribution in [0.4, 0.5) is 5.82 Å². The second kappa shape index (κ2) is 5.60. The number of aromatic nitrogens is 2. The zero-order valence-corrected chi connectivity index (χ0v) is 8.57. The van der Waals surface area contributed by atoms with Gasteiger partial charge in [0.1, 0.15) is 17.7 Å². The molecule has 1 rings (SSSR count). The lowest BCUT2D eigenvalue weighted by atomic mass is 10.3. The van der Waals surface area contributed by atoms with Crippen molar-refractivity contribution in [1.29, 1.82) is 0 Å². The Hall–Kier alpha value is -2.09. The van der Waals surface area contributed by atoms with Gasteiger partial charge in [0.15, 0.2) is 0 Å². The number of ether oxygens (including phenoxy) is 1. The number of hydrogen-bond donors (Lipinski definition) is 1. The van der Waals surface area contributed by atoms with E-state index in [-0.39, 0.29) is 0 Å². The molecule has 0 fully saturated rings. The van der Waals surface area contributed by atoms with E-state index >= 15 is 0 Å². The highest BCUT2D eigenvalue weighted by molar-refractivity contribution is 5.94. The van der Waals surface area contributed by atoms with Gasteiger partial charge in [-0.25, -0.2) is 14.8 Å². The van der Waals surface area contributed by atoms with Crippen molar-refractivity contribution in [3.63, 3.8) is 0 Å². The molecule has 0 amide bonds. The highest BCUT2D eigenvalue weighted by Gasteiger charge is 2.11. The zero-order chi connectivity index (χ0) is 11.1. The lowest BCUT2D eigenvalue weighted by Gasteiger charge is -2.05. The fourth-order valence-corrected chi connectivity index (χ4v) is 0.946. The molecule has 0 radical (unpaired) electrons. The summed E-state index contributed by atoms with van der Waals surface area (Å²) in [7, 11) is 1.31. The summed E-state index contributed by atoms with van der Waals surface area (Å²) < 4.78 is 4.59. The number of nitrogens with zero attached hydrogens (tertiary/aromatic N) is 2. The van der Waals surface area contributed by atoms with Crippen molar-refractivity contribution in [2.24, 2.45) is 0 Å². The minimum absolute atomic E-state index is 0.304. The van der Waals surface area contributed by atoms with Crippen molar-refractivity contribution in [3.05, 3.63) is 18.1 Å². The van der Waals surface area contributed by atoms with Crippen molar-refractivity contribution in [2.75, 3.05) is 19.0 Å². The first kappa shape index (κ1) is 11.0. The van der Waals surface area contributed by atoms with Gasteiger partial charge in [0.2, 0.25) is 0 Å². The van der Waals surface area contributed by atoms with Crippen LogP contribution in [-0.2, 0) is 4.74 Å². The number of methoxy groups -OCH3 is 1. The summed E-state index contributed by atoms with van der Waals surface area (Å²) in [5.41, 5.74) is 0.304. The lowest BCUT2D eigenvalue weighted by molar-refractivity contribution is 0.0601. The molecule has 0 aliphatic heterocycles.